The molecule has 2 N–H and O–H groups in total. The highest BCUT2D eigenvalue weighted by Crippen LogP contribution is 2.51. The molecule has 0 aliphatic heterocycles. The zero-order chi connectivity index (χ0) is 13.3. The minimum absolute atomic E-state index is 0. The summed E-state index contributed by atoms with van der Waals surface area (Å²) in [5.41, 5.74) is 9.02. The first-order chi connectivity index (χ1) is 9.21. The quantitative estimate of drug-likeness (QED) is 0.934. The smallest absolute Gasteiger partial charge is 0.119 e. The molecule has 0 amide bonds. The monoisotopic (exact) mass is 289 g/mol. The van der Waals surface area contributed by atoms with Crippen LogP contribution in [0.3, 0.4) is 0 Å². The second kappa shape index (κ2) is 5.86. The van der Waals surface area contributed by atoms with Crippen LogP contribution in [0.4, 0.5) is 0 Å². The Morgan fingerprint density at radius 2 is 1.90 bits per heavy atom. The number of hydrogen-bond donors (Lipinski definition) is 1. The van der Waals surface area contributed by atoms with Crippen LogP contribution in [-0.4, -0.2) is 12.6 Å². The van der Waals surface area contributed by atoms with E-state index in [1.165, 1.54) is 11.1 Å². The van der Waals surface area contributed by atoms with Gasteiger partial charge in [-0.15, -0.1) is 12.4 Å². The van der Waals surface area contributed by atoms with Crippen LogP contribution in [0.2, 0.25) is 0 Å². The first kappa shape index (κ1) is 14.9. The molecule has 1 fully saturated rings. The van der Waals surface area contributed by atoms with E-state index in [2.05, 4.69) is 36.4 Å². The Balaban J connectivity index is 0.00000147. The first-order valence-electron chi connectivity index (χ1n) is 6.68. The summed E-state index contributed by atoms with van der Waals surface area (Å²) >= 11 is 0. The van der Waals surface area contributed by atoms with Gasteiger partial charge >= 0.3 is 0 Å². The minimum atomic E-state index is -0.0896. The van der Waals surface area contributed by atoms with E-state index >= 15 is 0 Å². The van der Waals surface area contributed by atoms with Gasteiger partial charge in [-0.1, -0.05) is 42.5 Å². The molecule has 2 aromatic rings. The van der Waals surface area contributed by atoms with Crippen LogP contribution in [0, 0.1) is 0 Å². The van der Waals surface area contributed by atoms with Gasteiger partial charge < -0.3 is 10.5 Å². The summed E-state index contributed by atoms with van der Waals surface area (Å²) < 4.78 is 5.28. The van der Waals surface area contributed by atoms with Gasteiger partial charge in [0, 0.05) is 11.5 Å². The molecule has 106 valence electrons. The number of hydrogen-bond acceptors (Lipinski definition) is 2. The molecule has 1 aliphatic carbocycles. The summed E-state index contributed by atoms with van der Waals surface area (Å²) in [4.78, 5) is 0. The van der Waals surface area contributed by atoms with Gasteiger partial charge in [0.25, 0.3) is 0 Å². The molecule has 3 heteroatoms. The van der Waals surface area contributed by atoms with E-state index in [4.69, 9.17) is 10.5 Å². The number of methoxy groups -OCH3 is 1. The van der Waals surface area contributed by atoms with E-state index in [0.29, 0.717) is 5.92 Å². The molecular formula is C17H20ClNO. The van der Waals surface area contributed by atoms with E-state index in [0.717, 1.165) is 18.6 Å². The maximum atomic E-state index is 6.51. The Labute approximate surface area is 126 Å². The molecule has 1 aliphatic rings. The Bertz CT molecular complexity index is 572. The average molecular weight is 290 g/mol. The normalized spacial score (nSPS) is 23.8. The molecule has 0 spiro atoms. The van der Waals surface area contributed by atoms with E-state index in [1.54, 1.807) is 7.11 Å². The van der Waals surface area contributed by atoms with Crippen LogP contribution >= 0.6 is 12.4 Å². The molecule has 0 radical (unpaired) electrons. The second-order valence-corrected chi connectivity index (χ2v) is 5.43. The fourth-order valence-electron chi connectivity index (χ4n) is 2.80. The van der Waals surface area contributed by atoms with Crippen molar-refractivity contribution in [1.29, 1.82) is 0 Å². The largest absolute Gasteiger partial charge is 0.497 e. The third-order valence-electron chi connectivity index (χ3n) is 3.99. The van der Waals surface area contributed by atoms with E-state index < -0.39 is 0 Å². The number of ether oxygens (including phenoxy) is 1. The molecule has 2 aromatic carbocycles. The van der Waals surface area contributed by atoms with Crippen LogP contribution < -0.4 is 10.5 Å². The molecule has 20 heavy (non-hydrogen) atoms. The Morgan fingerprint density at radius 1 is 1.15 bits per heavy atom. The predicted octanol–water partition coefficient (Wildman–Crippen LogP) is 3.54. The SMILES string of the molecule is COc1cccc(C2CC2(N)Cc2ccccc2)c1.Cl. The van der Waals surface area contributed by atoms with Crippen molar-refractivity contribution in [3.05, 3.63) is 65.7 Å². The molecular weight excluding hydrogens is 270 g/mol. The fourth-order valence-corrected chi connectivity index (χ4v) is 2.80. The van der Waals surface area contributed by atoms with Crippen LogP contribution in [0.25, 0.3) is 0 Å². The summed E-state index contributed by atoms with van der Waals surface area (Å²) in [6.07, 6.45) is 1.99. The molecule has 0 bridgehead atoms. The lowest BCUT2D eigenvalue weighted by atomic mass is 9.99. The van der Waals surface area contributed by atoms with Crippen molar-refractivity contribution in [2.24, 2.45) is 5.73 Å². The summed E-state index contributed by atoms with van der Waals surface area (Å²) in [6, 6.07) is 18.7. The van der Waals surface area contributed by atoms with Crippen molar-refractivity contribution >= 4 is 12.4 Å². The van der Waals surface area contributed by atoms with Gasteiger partial charge in [-0.3, -0.25) is 0 Å². The number of halogens is 1. The second-order valence-electron chi connectivity index (χ2n) is 5.43. The van der Waals surface area contributed by atoms with E-state index in [9.17, 15) is 0 Å². The maximum absolute atomic E-state index is 6.51. The van der Waals surface area contributed by atoms with Gasteiger partial charge in [0.1, 0.15) is 5.75 Å². The number of benzene rings is 2. The van der Waals surface area contributed by atoms with Crippen molar-refractivity contribution in [2.75, 3.05) is 7.11 Å². The lowest BCUT2D eigenvalue weighted by Crippen LogP contribution is -2.27. The Morgan fingerprint density at radius 3 is 2.60 bits per heavy atom. The third kappa shape index (κ3) is 2.97. The summed E-state index contributed by atoms with van der Waals surface area (Å²) in [5.74, 6) is 1.36. The van der Waals surface area contributed by atoms with E-state index in [-0.39, 0.29) is 17.9 Å². The van der Waals surface area contributed by atoms with Crippen LogP contribution in [0.15, 0.2) is 54.6 Å². The highest BCUT2D eigenvalue weighted by Gasteiger charge is 2.51. The Kier molecular flexibility index (Phi) is 4.36. The average Bonchev–Trinajstić information content (AvgIpc) is 3.11. The van der Waals surface area contributed by atoms with Gasteiger partial charge in [0.15, 0.2) is 0 Å². The van der Waals surface area contributed by atoms with Gasteiger partial charge in [0.2, 0.25) is 0 Å². The zero-order valence-corrected chi connectivity index (χ0v) is 12.4. The maximum Gasteiger partial charge on any atom is 0.119 e. The molecule has 2 nitrogen and oxygen atoms in total. The molecule has 1 saturated carbocycles. The molecule has 2 atom stereocenters. The van der Waals surface area contributed by atoms with Gasteiger partial charge in [-0.25, -0.2) is 0 Å². The topological polar surface area (TPSA) is 35.2 Å². The molecule has 2 unspecified atom stereocenters. The molecule has 0 saturated heterocycles. The predicted molar refractivity (Wildman–Crippen MR) is 84.7 cm³/mol. The zero-order valence-electron chi connectivity index (χ0n) is 11.6. The van der Waals surface area contributed by atoms with Crippen LogP contribution in [-0.2, 0) is 6.42 Å². The van der Waals surface area contributed by atoms with E-state index in [1.807, 2.05) is 18.2 Å². The highest BCUT2D eigenvalue weighted by atomic mass is 35.5. The van der Waals surface area contributed by atoms with Gasteiger partial charge in [-0.2, -0.15) is 0 Å². The molecule has 3 rings (SSSR count). The van der Waals surface area contributed by atoms with Crippen molar-refractivity contribution in [3.63, 3.8) is 0 Å². The standard InChI is InChI=1S/C17H19NO.ClH/c1-19-15-9-5-8-14(10-15)16-12-17(16,18)11-13-6-3-2-4-7-13;/h2-10,16H,11-12,18H2,1H3;1H. The minimum Gasteiger partial charge on any atom is -0.497 e. The van der Waals surface area contributed by atoms with Crippen molar-refractivity contribution in [2.45, 2.75) is 24.3 Å². The number of nitrogens with two attached hydrogens (primary N) is 1. The summed E-state index contributed by atoms with van der Waals surface area (Å²) in [5, 5.41) is 0. The fraction of sp³-hybridized carbons (Fsp3) is 0.294. The van der Waals surface area contributed by atoms with Crippen LogP contribution in [0.1, 0.15) is 23.5 Å². The lowest BCUT2D eigenvalue weighted by Gasteiger charge is -2.12. The van der Waals surface area contributed by atoms with Crippen molar-refractivity contribution in [1.82, 2.24) is 0 Å². The highest BCUT2D eigenvalue weighted by molar-refractivity contribution is 5.85. The van der Waals surface area contributed by atoms with Crippen molar-refractivity contribution < 1.29 is 4.74 Å². The lowest BCUT2D eigenvalue weighted by molar-refractivity contribution is 0.414. The first-order valence-corrected chi connectivity index (χ1v) is 6.68. The molecule has 0 aromatic heterocycles. The summed E-state index contributed by atoms with van der Waals surface area (Å²) in [7, 11) is 1.70. The molecule has 0 heterocycles. The Hall–Kier alpha value is -1.51. The van der Waals surface area contributed by atoms with Gasteiger partial charge in [0.05, 0.1) is 7.11 Å². The van der Waals surface area contributed by atoms with Crippen molar-refractivity contribution in [3.8, 4) is 5.75 Å². The third-order valence-corrected chi connectivity index (χ3v) is 3.99. The number of rotatable bonds is 4. The van der Waals surface area contributed by atoms with Crippen LogP contribution in [0.5, 0.6) is 5.75 Å². The van der Waals surface area contributed by atoms with Gasteiger partial charge in [-0.05, 0) is 36.1 Å². The summed E-state index contributed by atoms with van der Waals surface area (Å²) in [6.45, 7) is 0.